The van der Waals surface area contributed by atoms with Gasteiger partial charge in [-0.25, -0.2) is 0 Å². The van der Waals surface area contributed by atoms with E-state index in [0.29, 0.717) is 30.2 Å². The number of ether oxygens (including phenoxy) is 3. The van der Waals surface area contributed by atoms with Gasteiger partial charge in [0, 0.05) is 19.5 Å². The maximum absolute atomic E-state index is 13.6. The molecule has 3 rings (SSSR count). The van der Waals surface area contributed by atoms with Crippen molar-refractivity contribution in [2.75, 3.05) is 27.4 Å². The first-order chi connectivity index (χ1) is 17.5. The molecule has 1 atom stereocenters. The summed E-state index contributed by atoms with van der Waals surface area (Å²) in [6, 6.07) is 23.6. The number of carbonyl (C=O) groups is 2. The number of nitrogens with one attached hydrogen (secondary N) is 1. The zero-order valence-corrected chi connectivity index (χ0v) is 21.1. The van der Waals surface area contributed by atoms with Crippen molar-refractivity contribution in [2.45, 2.75) is 32.4 Å². The second-order valence-electron chi connectivity index (χ2n) is 8.31. The summed E-state index contributed by atoms with van der Waals surface area (Å²) in [6.45, 7) is 2.51. The third-order valence-electron chi connectivity index (χ3n) is 5.73. The first kappa shape index (κ1) is 26.6. The van der Waals surface area contributed by atoms with E-state index in [1.807, 2.05) is 73.7 Å². The van der Waals surface area contributed by atoms with Gasteiger partial charge in [-0.2, -0.15) is 0 Å². The molecular formula is C29H34N2O5. The fourth-order valence-electron chi connectivity index (χ4n) is 3.85. The Bertz CT molecular complexity index is 1120. The Kier molecular flexibility index (Phi) is 10.2. The lowest BCUT2D eigenvalue weighted by Crippen LogP contribution is -2.51. The van der Waals surface area contributed by atoms with Gasteiger partial charge in [-0.05, 0) is 41.8 Å². The average molecular weight is 491 g/mol. The summed E-state index contributed by atoms with van der Waals surface area (Å²) in [6.07, 6.45) is 1.17. The van der Waals surface area contributed by atoms with E-state index in [-0.39, 0.29) is 25.0 Å². The largest absolute Gasteiger partial charge is 0.497 e. The van der Waals surface area contributed by atoms with Crippen LogP contribution >= 0.6 is 0 Å². The maximum atomic E-state index is 13.6. The molecule has 7 nitrogen and oxygen atoms in total. The number of carbonyl (C=O) groups excluding carboxylic acids is 2. The molecule has 0 aliphatic carbocycles. The molecule has 0 unspecified atom stereocenters. The molecule has 0 saturated carbocycles. The van der Waals surface area contributed by atoms with Gasteiger partial charge in [0.25, 0.3) is 5.91 Å². The van der Waals surface area contributed by atoms with E-state index in [1.54, 1.807) is 31.3 Å². The number of amides is 2. The number of para-hydroxylation sites is 2. The smallest absolute Gasteiger partial charge is 0.261 e. The van der Waals surface area contributed by atoms with Crippen LogP contribution in [0.4, 0.5) is 0 Å². The fourth-order valence-corrected chi connectivity index (χ4v) is 3.85. The maximum Gasteiger partial charge on any atom is 0.261 e. The zero-order valence-electron chi connectivity index (χ0n) is 21.1. The Balaban J connectivity index is 1.92. The average Bonchev–Trinajstić information content (AvgIpc) is 2.93. The van der Waals surface area contributed by atoms with Gasteiger partial charge in [0.05, 0.1) is 14.2 Å². The minimum absolute atomic E-state index is 0.200. The Morgan fingerprint density at radius 3 is 2.25 bits per heavy atom. The summed E-state index contributed by atoms with van der Waals surface area (Å²) in [5.74, 6) is 1.17. The van der Waals surface area contributed by atoms with Crippen LogP contribution in [0.5, 0.6) is 17.2 Å². The molecule has 0 fully saturated rings. The number of benzene rings is 3. The molecule has 3 aromatic carbocycles. The third kappa shape index (κ3) is 7.50. The summed E-state index contributed by atoms with van der Waals surface area (Å²) < 4.78 is 16.5. The van der Waals surface area contributed by atoms with E-state index < -0.39 is 6.04 Å². The molecular weight excluding hydrogens is 456 g/mol. The number of hydrogen-bond acceptors (Lipinski definition) is 5. The Morgan fingerprint density at radius 1 is 0.861 bits per heavy atom. The van der Waals surface area contributed by atoms with Crippen molar-refractivity contribution in [1.82, 2.24) is 10.2 Å². The van der Waals surface area contributed by atoms with Crippen molar-refractivity contribution in [3.05, 3.63) is 90.0 Å². The van der Waals surface area contributed by atoms with Crippen LogP contribution in [0.25, 0.3) is 0 Å². The van der Waals surface area contributed by atoms with Crippen molar-refractivity contribution in [3.8, 4) is 17.2 Å². The molecule has 190 valence electrons. The number of rotatable bonds is 13. The normalized spacial score (nSPS) is 11.3. The van der Waals surface area contributed by atoms with Gasteiger partial charge < -0.3 is 24.4 Å². The van der Waals surface area contributed by atoms with E-state index in [9.17, 15) is 9.59 Å². The molecule has 0 spiro atoms. The number of hydrogen-bond donors (Lipinski definition) is 1. The lowest BCUT2D eigenvalue weighted by molar-refractivity contribution is -0.142. The van der Waals surface area contributed by atoms with Crippen LogP contribution in [0.2, 0.25) is 0 Å². The highest BCUT2D eigenvalue weighted by Gasteiger charge is 2.30. The highest BCUT2D eigenvalue weighted by molar-refractivity contribution is 5.88. The molecule has 0 aliphatic heterocycles. The predicted octanol–water partition coefficient (Wildman–Crippen LogP) is 4.25. The molecule has 0 radical (unpaired) electrons. The van der Waals surface area contributed by atoms with E-state index in [2.05, 4.69) is 5.32 Å². The summed E-state index contributed by atoms with van der Waals surface area (Å²) in [5, 5.41) is 2.97. The van der Waals surface area contributed by atoms with Crippen LogP contribution in [0.15, 0.2) is 78.9 Å². The first-order valence-electron chi connectivity index (χ1n) is 12.1. The molecule has 2 amide bonds. The van der Waals surface area contributed by atoms with Gasteiger partial charge in [0.1, 0.15) is 11.8 Å². The monoisotopic (exact) mass is 490 g/mol. The summed E-state index contributed by atoms with van der Waals surface area (Å²) in [7, 11) is 3.15. The van der Waals surface area contributed by atoms with Gasteiger partial charge in [0.15, 0.2) is 18.1 Å². The highest BCUT2D eigenvalue weighted by atomic mass is 16.5. The molecule has 0 bridgehead atoms. The van der Waals surface area contributed by atoms with Crippen molar-refractivity contribution >= 4 is 11.8 Å². The van der Waals surface area contributed by atoms with Crippen LogP contribution in [0.1, 0.15) is 24.5 Å². The van der Waals surface area contributed by atoms with E-state index in [4.69, 9.17) is 14.2 Å². The van der Waals surface area contributed by atoms with Crippen molar-refractivity contribution in [1.29, 1.82) is 0 Å². The van der Waals surface area contributed by atoms with Gasteiger partial charge in [-0.3, -0.25) is 9.59 Å². The minimum Gasteiger partial charge on any atom is -0.497 e. The van der Waals surface area contributed by atoms with Gasteiger partial charge >= 0.3 is 0 Å². The molecule has 0 aromatic heterocycles. The minimum atomic E-state index is -0.723. The number of methoxy groups -OCH3 is 2. The molecule has 7 heteroatoms. The fraction of sp³-hybridized carbons (Fsp3) is 0.310. The quantitative estimate of drug-likeness (QED) is 0.388. The lowest BCUT2D eigenvalue weighted by Gasteiger charge is -2.31. The topological polar surface area (TPSA) is 77.1 Å². The van der Waals surface area contributed by atoms with Crippen molar-refractivity contribution < 1.29 is 23.8 Å². The van der Waals surface area contributed by atoms with Crippen LogP contribution in [-0.2, 0) is 22.6 Å². The van der Waals surface area contributed by atoms with Crippen molar-refractivity contribution in [3.63, 3.8) is 0 Å². The lowest BCUT2D eigenvalue weighted by atomic mass is 10.0. The van der Waals surface area contributed by atoms with Crippen LogP contribution in [0.3, 0.4) is 0 Å². The van der Waals surface area contributed by atoms with Crippen LogP contribution in [-0.4, -0.2) is 50.1 Å². The Hall–Kier alpha value is -4.00. The summed E-state index contributed by atoms with van der Waals surface area (Å²) in [5.41, 5.74) is 1.81. The van der Waals surface area contributed by atoms with Crippen LogP contribution < -0.4 is 19.5 Å². The van der Waals surface area contributed by atoms with Gasteiger partial charge in [-0.1, -0.05) is 61.5 Å². The summed E-state index contributed by atoms with van der Waals surface area (Å²) >= 11 is 0. The molecule has 36 heavy (non-hydrogen) atoms. The molecule has 1 N–H and O–H groups in total. The zero-order chi connectivity index (χ0) is 25.8. The standard InChI is InChI=1S/C29H34N2O5/c1-4-17-30-29(33)25(19-22-11-6-5-7-12-22)31(20-23-13-10-14-24(18-23)34-2)28(32)21-36-27-16-9-8-15-26(27)35-3/h5-16,18,25H,4,17,19-21H2,1-3H3,(H,30,33)/t25-/m1/s1. The van der Waals surface area contributed by atoms with Crippen molar-refractivity contribution in [2.24, 2.45) is 0 Å². The first-order valence-corrected chi connectivity index (χ1v) is 12.1. The van der Waals surface area contributed by atoms with E-state index in [1.165, 1.54) is 0 Å². The predicted molar refractivity (Wildman–Crippen MR) is 139 cm³/mol. The molecule has 0 saturated heterocycles. The molecule has 0 aliphatic rings. The molecule has 0 heterocycles. The summed E-state index contributed by atoms with van der Waals surface area (Å²) in [4.78, 5) is 28.6. The van der Waals surface area contributed by atoms with Gasteiger partial charge in [0.2, 0.25) is 5.91 Å². The van der Waals surface area contributed by atoms with Crippen LogP contribution in [0, 0.1) is 0 Å². The molecule has 3 aromatic rings. The van der Waals surface area contributed by atoms with Gasteiger partial charge in [-0.15, -0.1) is 0 Å². The Morgan fingerprint density at radius 2 is 1.56 bits per heavy atom. The second-order valence-corrected chi connectivity index (χ2v) is 8.31. The van der Waals surface area contributed by atoms with E-state index in [0.717, 1.165) is 17.5 Å². The van der Waals surface area contributed by atoms with E-state index >= 15 is 0 Å². The highest BCUT2D eigenvalue weighted by Crippen LogP contribution is 2.26. The Labute approximate surface area is 213 Å². The second kappa shape index (κ2) is 13.8. The third-order valence-corrected chi connectivity index (χ3v) is 5.73. The number of nitrogens with zero attached hydrogens (tertiary/aromatic N) is 1. The SMILES string of the molecule is CCCNC(=O)[C@@H](Cc1ccccc1)N(Cc1cccc(OC)c1)C(=O)COc1ccccc1OC.